The lowest BCUT2D eigenvalue weighted by Gasteiger charge is -2.14. The molecule has 1 heterocycles. The smallest absolute Gasteiger partial charge is 0.188 e. The Morgan fingerprint density at radius 1 is 1.28 bits per heavy atom. The zero-order chi connectivity index (χ0) is 12.8. The van der Waals surface area contributed by atoms with Gasteiger partial charge in [-0.25, -0.2) is 9.97 Å². The minimum Gasteiger partial charge on any atom is -0.497 e. The van der Waals surface area contributed by atoms with Gasteiger partial charge in [0, 0.05) is 24.2 Å². The van der Waals surface area contributed by atoms with Gasteiger partial charge in [-0.2, -0.15) is 0 Å². The van der Waals surface area contributed by atoms with Gasteiger partial charge in [0.05, 0.1) is 7.11 Å². The van der Waals surface area contributed by atoms with Crippen LogP contribution in [0.15, 0.2) is 47.9 Å². The van der Waals surface area contributed by atoms with Gasteiger partial charge < -0.3 is 10.5 Å². The number of aromatic nitrogens is 2. The summed E-state index contributed by atoms with van der Waals surface area (Å²) in [6, 6.07) is 9.71. The number of methoxy groups -OCH3 is 1. The third-order valence-electron chi connectivity index (χ3n) is 2.47. The van der Waals surface area contributed by atoms with Crippen LogP contribution in [0.2, 0.25) is 0 Å². The predicted octanol–water partition coefficient (Wildman–Crippen LogP) is 2.28. The maximum Gasteiger partial charge on any atom is 0.188 e. The van der Waals surface area contributed by atoms with E-state index in [9.17, 15) is 0 Å². The molecule has 1 atom stereocenters. The first kappa shape index (κ1) is 12.9. The summed E-state index contributed by atoms with van der Waals surface area (Å²) in [7, 11) is 1.66. The van der Waals surface area contributed by atoms with Crippen LogP contribution in [-0.4, -0.2) is 23.6 Å². The van der Waals surface area contributed by atoms with Gasteiger partial charge in [0.1, 0.15) is 5.75 Å². The molecule has 0 aliphatic rings. The number of nitrogens with two attached hydrogens (primary N) is 1. The Morgan fingerprint density at radius 3 is 2.72 bits per heavy atom. The molecule has 0 amide bonds. The molecule has 2 N–H and O–H groups in total. The second-order valence-electron chi connectivity index (χ2n) is 3.65. The van der Waals surface area contributed by atoms with Gasteiger partial charge in [0.25, 0.3) is 0 Å². The molecule has 2 rings (SSSR count). The van der Waals surface area contributed by atoms with Gasteiger partial charge in [0.2, 0.25) is 0 Å². The van der Waals surface area contributed by atoms with E-state index in [4.69, 9.17) is 10.5 Å². The molecular weight excluding hydrogens is 246 g/mol. The van der Waals surface area contributed by atoms with Crippen molar-refractivity contribution >= 4 is 11.8 Å². The number of thioether (sulfide) groups is 1. The number of hydrogen-bond donors (Lipinski definition) is 1. The fraction of sp³-hybridized carbons (Fsp3) is 0.231. The van der Waals surface area contributed by atoms with E-state index in [1.54, 1.807) is 37.3 Å². The summed E-state index contributed by atoms with van der Waals surface area (Å²) in [4.78, 5) is 8.40. The molecule has 4 nitrogen and oxygen atoms in total. The Morgan fingerprint density at radius 2 is 2.06 bits per heavy atom. The molecule has 94 valence electrons. The van der Waals surface area contributed by atoms with E-state index >= 15 is 0 Å². The van der Waals surface area contributed by atoms with Crippen molar-refractivity contribution in [2.75, 3.05) is 13.7 Å². The van der Waals surface area contributed by atoms with E-state index in [-0.39, 0.29) is 5.25 Å². The summed E-state index contributed by atoms with van der Waals surface area (Å²) in [5, 5.41) is 0.860. The molecule has 1 unspecified atom stereocenters. The van der Waals surface area contributed by atoms with Gasteiger partial charge in [0.15, 0.2) is 5.16 Å². The standard InChI is InChI=1S/C13H15N3OS/c1-17-11-5-2-4-10(8-11)12(9-14)18-13-15-6-3-7-16-13/h2-8,12H,9,14H2,1H3. The van der Waals surface area contributed by atoms with Crippen LogP contribution in [0.3, 0.4) is 0 Å². The largest absolute Gasteiger partial charge is 0.497 e. The summed E-state index contributed by atoms with van der Waals surface area (Å²) < 4.78 is 5.22. The second kappa shape index (κ2) is 6.37. The summed E-state index contributed by atoms with van der Waals surface area (Å²) in [6.07, 6.45) is 3.46. The molecule has 0 aliphatic carbocycles. The van der Waals surface area contributed by atoms with Gasteiger partial charge in [-0.1, -0.05) is 23.9 Å². The normalized spacial score (nSPS) is 12.1. The molecule has 0 spiro atoms. The number of benzene rings is 1. The Bertz CT molecular complexity index is 493. The Kier molecular flexibility index (Phi) is 4.55. The molecule has 0 saturated heterocycles. The highest BCUT2D eigenvalue weighted by atomic mass is 32.2. The number of hydrogen-bond acceptors (Lipinski definition) is 5. The van der Waals surface area contributed by atoms with E-state index in [0.29, 0.717) is 6.54 Å². The number of nitrogens with zero attached hydrogens (tertiary/aromatic N) is 2. The van der Waals surface area contributed by atoms with Crippen LogP contribution >= 0.6 is 11.8 Å². The van der Waals surface area contributed by atoms with E-state index in [1.807, 2.05) is 24.3 Å². The lowest BCUT2D eigenvalue weighted by molar-refractivity contribution is 0.414. The van der Waals surface area contributed by atoms with E-state index in [0.717, 1.165) is 16.5 Å². The SMILES string of the molecule is COc1cccc(C(CN)Sc2ncccn2)c1. The molecule has 0 aliphatic heterocycles. The molecule has 5 heteroatoms. The molecular formula is C13H15N3OS. The van der Waals surface area contributed by atoms with E-state index in [2.05, 4.69) is 9.97 Å². The maximum atomic E-state index is 5.83. The van der Waals surface area contributed by atoms with Crippen molar-refractivity contribution in [3.8, 4) is 5.75 Å². The van der Waals surface area contributed by atoms with Gasteiger partial charge in [-0.05, 0) is 23.8 Å². The fourth-order valence-corrected chi connectivity index (χ4v) is 2.44. The predicted molar refractivity (Wildman–Crippen MR) is 72.7 cm³/mol. The molecule has 0 saturated carbocycles. The second-order valence-corrected chi connectivity index (χ2v) is 4.82. The lowest BCUT2D eigenvalue weighted by Crippen LogP contribution is -2.10. The molecule has 1 aromatic carbocycles. The zero-order valence-electron chi connectivity index (χ0n) is 10.1. The first-order chi connectivity index (χ1) is 8.83. The van der Waals surface area contributed by atoms with Crippen molar-refractivity contribution < 1.29 is 4.74 Å². The lowest BCUT2D eigenvalue weighted by atomic mass is 10.1. The monoisotopic (exact) mass is 261 g/mol. The summed E-state index contributed by atoms with van der Waals surface area (Å²) in [5.74, 6) is 0.834. The Labute approximate surface area is 111 Å². The van der Waals surface area contributed by atoms with Crippen molar-refractivity contribution in [2.45, 2.75) is 10.4 Å². The highest BCUT2D eigenvalue weighted by Gasteiger charge is 2.13. The molecule has 1 aromatic heterocycles. The molecule has 0 fully saturated rings. The fourth-order valence-electron chi connectivity index (χ4n) is 1.57. The van der Waals surface area contributed by atoms with E-state index < -0.39 is 0 Å². The van der Waals surface area contributed by atoms with Crippen LogP contribution in [0.4, 0.5) is 0 Å². The molecule has 18 heavy (non-hydrogen) atoms. The summed E-state index contributed by atoms with van der Waals surface area (Å²) in [5.41, 5.74) is 6.95. The van der Waals surface area contributed by atoms with Crippen LogP contribution in [0.5, 0.6) is 5.75 Å². The van der Waals surface area contributed by atoms with Crippen LogP contribution in [0.1, 0.15) is 10.8 Å². The van der Waals surface area contributed by atoms with Gasteiger partial charge in [-0.15, -0.1) is 0 Å². The van der Waals surface area contributed by atoms with Crippen molar-refractivity contribution in [3.63, 3.8) is 0 Å². The first-order valence-corrected chi connectivity index (χ1v) is 6.49. The van der Waals surface area contributed by atoms with Crippen molar-refractivity contribution in [1.82, 2.24) is 9.97 Å². The minimum atomic E-state index is 0.127. The van der Waals surface area contributed by atoms with Crippen molar-refractivity contribution in [3.05, 3.63) is 48.3 Å². The van der Waals surface area contributed by atoms with Crippen LogP contribution < -0.4 is 10.5 Å². The quantitative estimate of drug-likeness (QED) is 0.661. The molecule has 2 aromatic rings. The maximum absolute atomic E-state index is 5.83. The van der Waals surface area contributed by atoms with Gasteiger partial charge in [-0.3, -0.25) is 0 Å². The zero-order valence-corrected chi connectivity index (χ0v) is 10.9. The van der Waals surface area contributed by atoms with Crippen LogP contribution in [0.25, 0.3) is 0 Å². The topological polar surface area (TPSA) is 61.0 Å². The molecule has 0 bridgehead atoms. The van der Waals surface area contributed by atoms with Crippen molar-refractivity contribution in [2.24, 2.45) is 5.73 Å². The van der Waals surface area contributed by atoms with Crippen molar-refractivity contribution in [1.29, 1.82) is 0 Å². The molecule has 0 radical (unpaired) electrons. The number of ether oxygens (including phenoxy) is 1. The average Bonchev–Trinajstić information content (AvgIpc) is 2.46. The Hall–Kier alpha value is -1.59. The van der Waals surface area contributed by atoms with Crippen LogP contribution in [-0.2, 0) is 0 Å². The minimum absolute atomic E-state index is 0.127. The van der Waals surface area contributed by atoms with E-state index in [1.165, 1.54) is 0 Å². The average molecular weight is 261 g/mol. The number of rotatable bonds is 5. The summed E-state index contributed by atoms with van der Waals surface area (Å²) in [6.45, 7) is 0.524. The van der Waals surface area contributed by atoms with Gasteiger partial charge >= 0.3 is 0 Å². The first-order valence-electron chi connectivity index (χ1n) is 5.61. The third kappa shape index (κ3) is 3.21. The highest BCUT2D eigenvalue weighted by molar-refractivity contribution is 7.99. The third-order valence-corrected chi connectivity index (χ3v) is 3.64. The Balaban J connectivity index is 2.17. The highest BCUT2D eigenvalue weighted by Crippen LogP contribution is 2.33. The summed E-state index contributed by atoms with van der Waals surface area (Å²) >= 11 is 1.56. The van der Waals surface area contributed by atoms with Crippen LogP contribution in [0, 0.1) is 0 Å².